The summed E-state index contributed by atoms with van der Waals surface area (Å²) in [4.78, 5) is 19.0. The maximum absolute atomic E-state index is 12.8. The first-order valence-electron chi connectivity index (χ1n) is 9.44. The number of aromatic nitrogens is 2. The Labute approximate surface area is 158 Å². The Morgan fingerprint density at radius 2 is 2.04 bits per heavy atom. The van der Waals surface area contributed by atoms with Crippen LogP contribution >= 0.6 is 0 Å². The summed E-state index contributed by atoms with van der Waals surface area (Å²) in [6.45, 7) is 1.33. The zero-order valence-electron chi connectivity index (χ0n) is 15.5. The number of halogens is 2. The number of unbranched alkanes of at least 4 members (excludes halogenated alkanes) is 1. The molecule has 146 valence electrons. The van der Waals surface area contributed by atoms with Crippen molar-refractivity contribution in [3.63, 3.8) is 0 Å². The van der Waals surface area contributed by atoms with Gasteiger partial charge < -0.3 is 14.2 Å². The molecule has 2 aromatic rings. The average molecular weight is 377 g/mol. The van der Waals surface area contributed by atoms with E-state index >= 15 is 0 Å². The van der Waals surface area contributed by atoms with E-state index in [4.69, 9.17) is 0 Å². The average Bonchev–Trinajstić information content (AvgIpc) is 3.14. The van der Waals surface area contributed by atoms with Crippen LogP contribution in [0, 0.1) is 0 Å². The van der Waals surface area contributed by atoms with Crippen LogP contribution in [0.5, 0.6) is 5.75 Å². The Bertz CT molecular complexity index is 755. The molecule has 0 unspecified atom stereocenters. The van der Waals surface area contributed by atoms with Gasteiger partial charge in [-0.2, -0.15) is 8.78 Å². The fourth-order valence-corrected chi connectivity index (χ4v) is 3.55. The number of hydrogen-bond acceptors (Lipinski definition) is 3. The van der Waals surface area contributed by atoms with Crippen molar-refractivity contribution in [2.24, 2.45) is 0 Å². The van der Waals surface area contributed by atoms with E-state index in [2.05, 4.69) is 21.2 Å². The largest absolute Gasteiger partial charge is 0.434 e. The highest BCUT2D eigenvalue weighted by atomic mass is 19.3. The van der Waals surface area contributed by atoms with Crippen LogP contribution in [0.2, 0.25) is 0 Å². The van der Waals surface area contributed by atoms with Gasteiger partial charge in [0, 0.05) is 37.9 Å². The molecule has 0 aliphatic carbocycles. The van der Waals surface area contributed by atoms with E-state index in [-0.39, 0.29) is 17.2 Å². The maximum atomic E-state index is 12.8. The number of rotatable bonds is 7. The van der Waals surface area contributed by atoms with Gasteiger partial charge in [0.1, 0.15) is 11.6 Å². The molecule has 3 rings (SSSR count). The molecule has 0 bridgehead atoms. The van der Waals surface area contributed by atoms with Crippen LogP contribution in [-0.4, -0.2) is 40.1 Å². The van der Waals surface area contributed by atoms with Crippen LogP contribution in [0.4, 0.5) is 8.78 Å². The molecule has 1 aromatic carbocycles. The second-order valence-electron chi connectivity index (χ2n) is 6.77. The van der Waals surface area contributed by atoms with E-state index in [0.29, 0.717) is 19.0 Å². The summed E-state index contributed by atoms with van der Waals surface area (Å²) in [7, 11) is 0. The van der Waals surface area contributed by atoms with Crippen LogP contribution in [-0.2, 0) is 6.54 Å². The Morgan fingerprint density at radius 3 is 2.74 bits per heavy atom. The summed E-state index contributed by atoms with van der Waals surface area (Å²) in [5.74, 6) is 1.05. The van der Waals surface area contributed by atoms with Crippen LogP contribution in [0.3, 0.4) is 0 Å². The summed E-state index contributed by atoms with van der Waals surface area (Å²) in [5, 5.41) is 0. The second-order valence-corrected chi connectivity index (χ2v) is 6.77. The molecule has 1 aliphatic heterocycles. The third-order valence-electron chi connectivity index (χ3n) is 4.98. The molecule has 0 atom stereocenters. The molecule has 0 spiro atoms. The Hall–Kier alpha value is -2.44. The summed E-state index contributed by atoms with van der Waals surface area (Å²) < 4.78 is 31.9. The van der Waals surface area contributed by atoms with E-state index in [0.717, 1.165) is 38.1 Å². The first-order chi connectivity index (χ1) is 13.1. The van der Waals surface area contributed by atoms with E-state index in [9.17, 15) is 13.6 Å². The molecule has 1 amide bonds. The highest BCUT2D eigenvalue weighted by molar-refractivity contribution is 5.97. The van der Waals surface area contributed by atoms with Gasteiger partial charge in [-0.25, -0.2) is 4.98 Å². The molecule has 0 radical (unpaired) electrons. The normalized spacial score (nSPS) is 15.3. The van der Waals surface area contributed by atoms with Gasteiger partial charge >= 0.3 is 6.61 Å². The summed E-state index contributed by atoms with van der Waals surface area (Å²) >= 11 is 0. The van der Waals surface area contributed by atoms with Crippen molar-refractivity contribution in [3.8, 4) is 5.75 Å². The molecule has 7 heteroatoms. The number of ether oxygens (including phenoxy) is 1. The highest BCUT2D eigenvalue weighted by Crippen LogP contribution is 2.29. The zero-order valence-corrected chi connectivity index (χ0v) is 15.5. The van der Waals surface area contributed by atoms with Crippen LogP contribution in [0.25, 0.3) is 0 Å². The van der Waals surface area contributed by atoms with E-state index < -0.39 is 6.61 Å². The first-order valence-corrected chi connectivity index (χ1v) is 9.44. The van der Waals surface area contributed by atoms with Crippen LogP contribution in [0.15, 0.2) is 36.7 Å². The number of alkyl halides is 2. The SMILES string of the molecule is CCCCn1ccnc1C1CCN(C(=O)c2ccccc2OC(F)F)CC1. The van der Waals surface area contributed by atoms with Crippen LogP contribution in [0.1, 0.15) is 54.7 Å². The van der Waals surface area contributed by atoms with Gasteiger partial charge in [-0.3, -0.25) is 4.79 Å². The lowest BCUT2D eigenvalue weighted by Crippen LogP contribution is -2.38. The minimum atomic E-state index is -2.95. The standard InChI is InChI=1S/C20H25F2N3O2/c1-2-3-11-24-14-10-23-18(24)15-8-12-25(13-9-15)19(26)16-6-4-5-7-17(16)27-20(21)22/h4-7,10,14-15,20H,2-3,8-9,11-13H2,1H3. The molecular formula is C20H25F2N3O2. The van der Waals surface area contributed by atoms with Crippen LogP contribution < -0.4 is 4.74 Å². The molecule has 1 aromatic heterocycles. The van der Waals surface area contributed by atoms with Crippen molar-refractivity contribution < 1.29 is 18.3 Å². The monoisotopic (exact) mass is 377 g/mol. The van der Waals surface area contributed by atoms with Crippen molar-refractivity contribution in [2.75, 3.05) is 13.1 Å². The number of imidazole rings is 1. The summed E-state index contributed by atoms with van der Waals surface area (Å²) in [6.07, 6.45) is 7.71. The number of carbonyl (C=O) groups is 1. The maximum Gasteiger partial charge on any atom is 0.387 e. The first kappa shape index (κ1) is 19.3. The quantitative estimate of drug-likeness (QED) is 0.723. The summed E-state index contributed by atoms with van der Waals surface area (Å²) in [6, 6.07) is 6.17. The zero-order chi connectivity index (χ0) is 19.2. The number of aryl methyl sites for hydroxylation is 1. The number of nitrogens with zero attached hydrogens (tertiary/aromatic N) is 3. The molecule has 2 heterocycles. The van der Waals surface area contributed by atoms with Gasteiger partial charge in [0.2, 0.25) is 0 Å². The molecule has 27 heavy (non-hydrogen) atoms. The fourth-order valence-electron chi connectivity index (χ4n) is 3.55. The third-order valence-corrected chi connectivity index (χ3v) is 4.98. The van der Waals surface area contributed by atoms with Crippen molar-refractivity contribution in [1.29, 1.82) is 0 Å². The number of hydrogen-bond donors (Lipinski definition) is 0. The van der Waals surface area contributed by atoms with E-state index in [1.54, 1.807) is 17.0 Å². The summed E-state index contributed by atoms with van der Waals surface area (Å²) in [5.41, 5.74) is 0.181. The molecule has 0 N–H and O–H groups in total. The number of para-hydroxylation sites is 1. The van der Waals surface area contributed by atoms with E-state index in [1.165, 1.54) is 12.1 Å². The third kappa shape index (κ3) is 4.64. The van der Waals surface area contributed by atoms with Gasteiger partial charge in [0.05, 0.1) is 5.56 Å². The van der Waals surface area contributed by atoms with Gasteiger partial charge in [-0.05, 0) is 31.4 Å². The smallest absolute Gasteiger partial charge is 0.387 e. The molecule has 1 saturated heterocycles. The second kappa shape index (κ2) is 8.97. The number of piperidine rings is 1. The Morgan fingerprint density at radius 1 is 1.30 bits per heavy atom. The molecule has 1 fully saturated rings. The molecule has 0 saturated carbocycles. The highest BCUT2D eigenvalue weighted by Gasteiger charge is 2.28. The predicted molar refractivity (Wildman–Crippen MR) is 98.1 cm³/mol. The van der Waals surface area contributed by atoms with Gasteiger partial charge in [0.15, 0.2) is 0 Å². The van der Waals surface area contributed by atoms with E-state index in [1.807, 2.05) is 12.4 Å². The number of benzene rings is 1. The van der Waals surface area contributed by atoms with Crippen molar-refractivity contribution in [3.05, 3.63) is 48.0 Å². The molecule has 1 aliphatic rings. The topological polar surface area (TPSA) is 47.4 Å². The number of likely N-dealkylation sites (tertiary alicyclic amines) is 1. The minimum Gasteiger partial charge on any atom is -0.434 e. The lowest BCUT2D eigenvalue weighted by molar-refractivity contribution is -0.0503. The number of amides is 1. The lowest BCUT2D eigenvalue weighted by Gasteiger charge is -2.32. The molecular weight excluding hydrogens is 352 g/mol. The predicted octanol–water partition coefficient (Wildman–Crippen LogP) is 4.30. The van der Waals surface area contributed by atoms with Crippen molar-refractivity contribution in [2.45, 2.75) is 51.7 Å². The fraction of sp³-hybridized carbons (Fsp3) is 0.500. The van der Waals surface area contributed by atoms with Gasteiger partial charge in [0.25, 0.3) is 5.91 Å². The van der Waals surface area contributed by atoms with Crippen molar-refractivity contribution >= 4 is 5.91 Å². The Balaban J connectivity index is 1.64. The lowest BCUT2D eigenvalue weighted by atomic mass is 9.95. The molecule has 5 nitrogen and oxygen atoms in total. The Kier molecular flexibility index (Phi) is 6.42. The van der Waals surface area contributed by atoms with Crippen molar-refractivity contribution in [1.82, 2.24) is 14.5 Å². The minimum absolute atomic E-state index is 0.0743. The number of carbonyl (C=O) groups excluding carboxylic acids is 1. The van der Waals surface area contributed by atoms with Gasteiger partial charge in [-0.1, -0.05) is 25.5 Å². The van der Waals surface area contributed by atoms with Gasteiger partial charge in [-0.15, -0.1) is 0 Å².